The van der Waals surface area contributed by atoms with Crippen LogP contribution < -0.4 is 5.32 Å². The van der Waals surface area contributed by atoms with Gasteiger partial charge in [-0.2, -0.15) is 5.10 Å². The third-order valence-corrected chi connectivity index (χ3v) is 3.61. The van der Waals surface area contributed by atoms with Crippen molar-refractivity contribution < 1.29 is 4.79 Å². The number of nitrogens with zero attached hydrogens (tertiary/aromatic N) is 1. The highest BCUT2D eigenvalue weighted by atomic mass is 79.9. The molecule has 1 amide bonds. The first-order valence-electron chi connectivity index (χ1n) is 6.35. The van der Waals surface area contributed by atoms with E-state index < -0.39 is 0 Å². The van der Waals surface area contributed by atoms with E-state index in [0.29, 0.717) is 5.69 Å². The van der Waals surface area contributed by atoms with Gasteiger partial charge in [0.15, 0.2) is 0 Å². The number of hydrogen-bond acceptors (Lipinski definition) is 2. The molecule has 4 nitrogen and oxygen atoms in total. The van der Waals surface area contributed by atoms with Gasteiger partial charge in [-0.05, 0) is 36.4 Å². The Morgan fingerprint density at radius 3 is 2.95 bits per heavy atom. The Morgan fingerprint density at radius 2 is 2.14 bits per heavy atom. The lowest BCUT2D eigenvalue weighted by Gasteiger charge is -2.04. The van der Waals surface area contributed by atoms with Crippen LogP contribution in [0.15, 0.2) is 59.6 Å². The number of aromatic nitrogens is 2. The first-order valence-corrected chi connectivity index (χ1v) is 7.14. The number of fused-ring (bicyclic) bond motifs is 1. The molecule has 21 heavy (non-hydrogen) atoms. The number of nitrogens with one attached hydrogen (secondary N) is 2. The molecule has 0 radical (unpaired) electrons. The number of aromatic amines is 1. The van der Waals surface area contributed by atoms with Gasteiger partial charge in [0.05, 0.1) is 11.2 Å². The summed E-state index contributed by atoms with van der Waals surface area (Å²) >= 11 is 3.44. The Bertz CT molecular complexity index is 838. The van der Waals surface area contributed by atoms with Gasteiger partial charge in [0.2, 0.25) is 5.91 Å². The van der Waals surface area contributed by atoms with E-state index in [2.05, 4.69) is 38.0 Å². The van der Waals surface area contributed by atoms with Gasteiger partial charge in [-0.15, -0.1) is 0 Å². The zero-order chi connectivity index (χ0) is 14.8. The Balaban J connectivity index is 2.04. The van der Waals surface area contributed by atoms with E-state index in [4.69, 9.17) is 0 Å². The number of rotatable bonds is 3. The third kappa shape index (κ3) is 2.73. The summed E-state index contributed by atoms with van der Waals surface area (Å²) in [7, 11) is 0. The van der Waals surface area contributed by atoms with Crippen molar-refractivity contribution in [1.82, 2.24) is 10.2 Å². The number of carbonyl (C=O) groups excluding carboxylic acids is 1. The summed E-state index contributed by atoms with van der Waals surface area (Å²) in [6, 6.07) is 13.5. The lowest BCUT2D eigenvalue weighted by molar-refractivity contribution is -0.111. The minimum Gasteiger partial charge on any atom is -0.323 e. The van der Waals surface area contributed by atoms with Crippen LogP contribution in [0.5, 0.6) is 0 Å². The Hall–Kier alpha value is -2.40. The van der Waals surface area contributed by atoms with Crippen molar-refractivity contribution in [1.29, 1.82) is 0 Å². The van der Waals surface area contributed by atoms with Gasteiger partial charge in [0.1, 0.15) is 0 Å². The van der Waals surface area contributed by atoms with Gasteiger partial charge in [-0.1, -0.05) is 34.6 Å². The van der Waals surface area contributed by atoms with E-state index in [1.165, 1.54) is 6.08 Å². The van der Waals surface area contributed by atoms with Crippen LogP contribution >= 0.6 is 15.9 Å². The van der Waals surface area contributed by atoms with Crippen molar-refractivity contribution in [3.63, 3.8) is 0 Å². The zero-order valence-corrected chi connectivity index (χ0v) is 12.6. The summed E-state index contributed by atoms with van der Waals surface area (Å²) in [5.74, 6) is -0.233. The lowest BCUT2D eigenvalue weighted by atomic mass is 10.1. The monoisotopic (exact) mass is 341 g/mol. The molecule has 0 aliphatic carbocycles. The van der Waals surface area contributed by atoms with Crippen LogP contribution in [0.4, 0.5) is 5.69 Å². The minimum atomic E-state index is -0.233. The molecular formula is C16H12BrN3O. The maximum Gasteiger partial charge on any atom is 0.247 e. The third-order valence-electron chi connectivity index (χ3n) is 3.11. The number of H-pyrrole nitrogens is 1. The van der Waals surface area contributed by atoms with Crippen LogP contribution in [-0.4, -0.2) is 16.1 Å². The molecule has 0 atom stereocenters. The van der Waals surface area contributed by atoms with Crippen molar-refractivity contribution in [3.05, 3.63) is 59.6 Å². The first-order chi connectivity index (χ1) is 10.2. The van der Waals surface area contributed by atoms with Crippen LogP contribution in [0.2, 0.25) is 0 Å². The van der Waals surface area contributed by atoms with Gasteiger partial charge in [-0.3, -0.25) is 9.89 Å². The van der Waals surface area contributed by atoms with Crippen molar-refractivity contribution in [3.8, 4) is 11.3 Å². The van der Waals surface area contributed by atoms with E-state index in [-0.39, 0.29) is 5.91 Å². The van der Waals surface area contributed by atoms with Crippen LogP contribution in [0, 0.1) is 0 Å². The van der Waals surface area contributed by atoms with E-state index in [9.17, 15) is 4.79 Å². The van der Waals surface area contributed by atoms with Crippen molar-refractivity contribution >= 4 is 38.4 Å². The molecular weight excluding hydrogens is 330 g/mol. The molecule has 3 rings (SSSR count). The molecule has 0 saturated carbocycles. The van der Waals surface area contributed by atoms with Crippen LogP contribution in [0.3, 0.4) is 0 Å². The molecule has 104 valence electrons. The second-order valence-corrected chi connectivity index (χ2v) is 5.45. The molecule has 5 heteroatoms. The second-order valence-electron chi connectivity index (χ2n) is 4.54. The minimum absolute atomic E-state index is 0.233. The van der Waals surface area contributed by atoms with E-state index >= 15 is 0 Å². The summed E-state index contributed by atoms with van der Waals surface area (Å²) in [6.07, 6.45) is 1.24. The molecule has 3 aromatic rings. The fraction of sp³-hybridized carbons (Fsp3) is 0. The number of amides is 1. The van der Waals surface area contributed by atoms with Gasteiger partial charge in [-0.25, -0.2) is 0 Å². The van der Waals surface area contributed by atoms with Crippen molar-refractivity contribution in [2.75, 3.05) is 5.32 Å². The summed E-state index contributed by atoms with van der Waals surface area (Å²) in [6.45, 7) is 3.44. The van der Waals surface area contributed by atoms with Gasteiger partial charge in [0.25, 0.3) is 0 Å². The predicted molar refractivity (Wildman–Crippen MR) is 88.1 cm³/mol. The van der Waals surface area contributed by atoms with Gasteiger partial charge in [0, 0.05) is 21.1 Å². The predicted octanol–water partition coefficient (Wildman–Crippen LogP) is 4.12. The standard InChI is InChI=1S/C16H12BrN3O/c1-2-15(21)18-12-5-3-4-10(8-12)16-13-7-6-11(17)9-14(13)19-20-16/h2-9H,1H2,(H,18,21)(H,19,20). The number of anilines is 1. The molecule has 1 heterocycles. The van der Waals surface area contributed by atoms with E-state index in [1.54, 1.807) is 0 Å². The normalized spacial score (nSPS) is 10.5. The number of carbonyl (C=O) groups is 1. The quantitative estimate of drug-likeness (QED) is 0.704. The van der Waals surface area contributed by atoms with Crippen LogP contribution in [0.25, 0.3) is 22.2 Å². The van der Waals surface area contributed by atoms with E-state index in [0.717, 1.165) is 26.6 Å². The highest BCUT2D eigenvalue weighted by molar-refractivity contribution is 9.10. The van der Waals surface area contributed by atoms with Gasteiger partial charge >= 0.3 is 0 Å². The molecule has 2 aromatic carbocycles. The smallest absolute Gasteiger partial charge is 0.247 e. The SMILES string of the molecule is C=CC(=O)Nc1cccc(-c2n[nH]c3cc(Br)ccc23)c1. The number of benzene rings is 2. The van der Waals surface area contributed by atoms with E-state index in [1.807, 2.05) is 42.5 Å². The Kier molecular flexibility index (Phi) is 3.58. The first kappa shape index (κ1) is 13.6. The molecule has 2 N–H and O–H groups in total. The second kappa shape index (κ2) is 5.54. The topological polar surface area (TPSA) is 57.8 Å². The van der Waals surface area contributed by atoms with Crippen molar-refractivity contribution in [2.24, 2.45) is 0 Å². The molecule has 0 aliphatic heterocycles. The Morgan fingerprint density at radius 1 is 1.29 bits per heavy atom. The molecule has 1 aromatic heterocycles. The molecule has 0 aliphatic rings. The number of hydrogen-bond donors (Lipinski definition) is 2. The average molecular weight is 342 g/mol. The molecule has 0 bridgehead atoms. The maximum absolute atomic E-state index is 11.4. The fourth-order valence-corrected chi connectivity index (χ4v) is 2.51. The summed E-state index contributed by atoms with van der Waals surface area (Å²) < 4.78 is 0.997. The molecule has 0 unspecified atom stereocenters. The largest absolute Gasteiger partial charge is 0.323 e. The average Bonchev–Trinajstić information content (AvgIpc) is 2.90. The summed E-state index contributed by atoms with van der Waals surface area (Å²) in [5.41, 5.74) is 3.46. The molecule has 0 spiro atoms. The highest BCUT2D eigenvalue weighted by Crippen LogP contribution is 2.29. The zero-order valence-electron chi connectivity index (χ0n) is 11.1. The Labute approximate surface area is 130 Å². The van der Waals surface area contributed by atoms with Crippen molar-refractivity contribution in [2.45, 2.75) is 0 Å². The van der Waals surface area contributed by atoms with Crippen LogP contribution in [-0.2, 0) is 4.79 Å². The molecule has 0 saturated heterocycles. The molecule has 0 fully saturated rings. The summed E-state index contributed by atoms with van der Waals surface area (Å²) in [4.78, 5) is 11.4. The van der Waals surface area contributed by atoms with Crippen LogP contribution in [0.1, 0.15) is 0 Å². The fourth-order valence-electron chi connectivity index (χ4n) is 2.15. The number of halogens is 1. The van der Waals surface area contributed by atoms with Gasteiger partial charge < -0.3 is 5.32 Å². The summed E-state index contributed by atoms with van der Waals surface area (Å²) in [5, 5.41) is 11.2. The lowest BCUT2D eigenvalue weighted by Crippen LogP contribution is -2.06. The maximum atomic E-state index is 11.4. The highest BCUT2D eigenvalue weighted by Gasteiger charge is 2.09.